The van der Waals surface area contributed by atoms with Crippen molar-refractivity contribution in [2.24, 2.45) is 0 Å². The highest BCUT2D eigenvalue weighted by Gasteiger charge is 2.16. The van der Waals surface area contributed by atoms with E-state index >= 15 is 0 Å². The summed E-state index contributed by atoms with van der Waals surface area (Å²) in [7, 11) is 0. The summed E-state index contributed by atoms with van der Waals surface area (Å²) in [5.74, 6) is 0.682. The van der Waals surface area contributed by atoms with Crippen LogP contribution in [0.15, 0.2) is 52.9 Å². The predicted octanol–water partition coefficient (Wildman–Crippen LogP) is 4.79. The molecule has 0 atom stereocenters. The van der Waals surface area contributed by atoms with Gasteiger partial charge in [-0.05, 0) is 35.2 Å². The first-order valence-electron chi connectivity index (χ1n) is 6.50. The van der Waals surface area contributed by atoms with E-state index in [-0.39, 0.29) is 5.41 Å². The molecule has 0 saturated carbocycles. The van der Waals surface area contributed by atoms with Gasteiger partial charge in [0.2, 0.25) is 5.89 Å². The summed E-state index contributed by atoms with van der Waals surface area (Å²) in [6, 6.07) is 16.2. The van der Waals surface area contributed by atoms with Crippen LogP contribution in [-0.4, -0.2) is 4.98 Å². The van der Waals surface area contributed by atoms with Crippen LogP contribution in [0.5, 0.6) is 0 Å². The lowest BCUT2D eigenvalue weighted by atomic mass is 9.87. The minimum Gasteiger partial charge on any atom is -0.436 e. The normalized spacial score (nSPS) is 11.9. The number of fused-ring (bicyclic) bond motifs is 1. The molecule has 2 aromatic carbocycles. The Labute approximate surface area is 113 Å². The molecule has 0 aliphatic heterocycles. The van der Waals surface area contributed by atoms with Crippen LogP contribution < -0.4 is 0 Å². The first kappa shape index (κ1) is 12.0. The molecule has 2 nitrogen and oxygen atoms in total. The van der Waals surface area contributed by atoms with Gasteiger partial charge in [0.25, 0.3) is 0 Å². The van der Waals surface area contributed by atoms with E-state index in [1.54, 1.807) is 0 Å². The minimum absolute atomic E-state index is 0.119. The van der Waals surface area contributed by atoms with Gasteiger partial charge in [0.05, 0.1) is 0 Å². The zero-order valence-electron chi connectivity index (χ0n) is 11.5. The Morgan fingerprint density at radius 1 is 0.947 bits per heavy atom. The summed E-state index contributed by atoms with van der Waals surface area (Å²) in [6.07, 6.45) is 0. The van der Waals surface area contributed by atoms with E-state index < -0.39 is 0 Å². The second kappa shape index (κ2) is 4.23. The summed E-state index contributed by atoms with van der Waals surface area (Å²) < 4.78 is 5.88. The first-order valence-corrected chi connectivity index (χ1v) is 6.50. The highest BCUT2D eigenvalue weighted by molar-refractivity contribution is 5.77. The molecule has 0 aliphatic rings. The number of hydrogen-bond acceptors (Lipinski definition) is 2. The molecule has 0 fully saturated rings. The Morgan fingerprint density at radius 2 is 1.68 bits per heavy atom. The van der Waals surface area contributed by atoms with Crippen LogP contribution in [0.4, 0.5) is 0 Å². The fourth-order valence-electron chi connectivity index (χ4n) is 2.10. The molecular weight excluding hydrogens is 235 g/mol. The number of hydrogen-bond donors (Lipinski definition) is 0. The first-order chi connectivity index (χ1) is 9.04. The van der Waals surface area contributed by atoms with Gasteiger partial charge >= 0.3 is 0 Å². The Morgan fingerprint density at radius 3 is 2.37 bits per heavy atom. The van der Waals surface area contributed by atoms with Crippen LogP contribution in [0.3, 0.4) is 0 Å². The number of oxazole rings is 1. The lowest BCUT2D eigenvalue weighted by Gasteiger charge is -2.18. The fourth-order valence-corrected chi connectivity index (χ4v) is 2.10. The average molecular weight is 252 g/mol. The molecule has 96 valence electrons. The highest BCUT2D eigenvalue weighted by Crippen LogP contribution is 2.29. The molecule has 19 heavy (non-hydrogen) atoms. The van der Waals surface area contributed by atoms with Crippen LogP contribution in [0.1, 0.15) is 26.3 Å². The zero-order valence-corrected chi connectivity index (χ0v) is 11.5. The molecule has 0 spiro atoms. The quantitative estimate of drug-likeness (QED) is 0.622. The molecule has 0 amide bonds. The maximum atomic E-state index is 5.88. The Kier molecular flexibility index (Phi) is 2.67. The van der Waals surface area contributed by atoms with Gasteiger partial charge in [-0.1, -0.05) is 45.0 Å². The van der Waals surface area contributed by atoms with Gasteiger partial charge in [-0.3, -0.25) is 0 Å². The summed E-state index contributed by atoms with van der Waals surface area (Å²) in [5, 5.41) is 0. The van der Waals surface area contributed by atoms with Gasteiger partial charge in [-0.2, -0.15) is 0 Å². The van der Waals surface area contributed by atoms with E-state index in [9.17, 15) is 0 Å². The lowest BCUT2D eigenvalue weighted by Crippen LogP contribution is -2.10. The van der Waals surface area contributed by atoms with E-state index in [4.69, 9.17) is 4.42 Å². The van der Waals surface area contributed by atoms with Crippen LogP contribution in [0.2, 0.25) is 0 Å². The minimum atomic E-state index is 0.119. The number of benzene rings is 2. The maximum absolute atomic E-state index is 5.88. The smallest absolute Gasteiger partial charge is 0.227 e. The van der Waals surface area contributed by atoms with E-state index in [0.717, 1.165) is 16.7 Å². The predicted molar refractivity (Wildman–Crippen MR) is 78.1 cm³/mol. The molecule has 0 unspecified atom stereocenters. The largest absolute Gasteiger partial charge is 0.436 e. The van der Waals surface area contributed by atoms with E-state index in [2.05, 4.69) is 37.9 Å². The van der Waals surface area contributed by atoms with E-state index in [1.807, 2.05) is 36.4 Å². The zero-order chi connectivity index (χ0) is 13.5. The standard InChI is InChI=1S/C17H17NO/c1-17(2,3)13-9-10-14-15(11-13)19-16(18-14)12-7-5-4-6-8-12/h4-11H,1-3H3/i16+1. The molecule has 0 aliphatic carbocycles. The third-order valence-electron chi connectivity index (χ3n) is 3.28. The van der Waals surface area contributed by atoms with Crippen molar-refractivity contribution in [2.45, 2.75) is 26.2 Å². The van der Waals surface area contributed by atoms with E-state index in [0.29, 0.717) is 5.89 Å². The molecule has 1 heterocycles. The number of nitrogens with zero attached hydrogens (tertiary/aromatic N) is 1. The van der Waals surface area contributed by atoms with Crippen LogP contribution in [0.25, 0.3) is 22.6 Å². The van der Waals surface area contributed by atoms with Crippen LogP contribution in [0, 0.1) is 0 Å². The Balaban J connectivity index is 2.12. The lowest BCUT2D eigenvalue weighted by molar-refractivity contribution is 0.584. The highest BCUT2D eigenvalue weighted by atomic mass is 16.4. The molecule has 0 saturated heterocycles. The topological polar surface area (TPSA) is 26.0 Å². The maximum Gasteiger partial charge on any atom is 0.227 e. The molecule has 0 N–H and O–H groups in total. The van der Waals surface area contributed by atoms with Crippen LogP contribution >= 0.6 is 0 Å². The Hall–Kier alpha value is -2.09. The van der Waals surface area contributed by atoms with Gasteiger partial charge in [0.1, 0.15) is 5.52 Å². The third-order valence-corrected chi connectivity index (χ3v) is 3.28. The molecular formula is C17H17NO. The molecule has 3 rings (SSSR count). The van der Waals surface area contributed by atoms with E-state index in [1.165, 1.54) is 5.56 Å². The van der Waals surface area contributed by atoms with Gasteiger partial charge in [-0.15, -0.1) is 0 Å². The van der Waals surface area contributed by atoms with Gasteiger partial charge in [0.15, 0.2) is 5.58 Å². The molecule has 2 heteroatoms. The van der Waals surface area contributed by atoms with Crippen molar-refractivity contribution < 1.29 is 4.42 Å². The summed E-state index contributed by atoms with van der Waals surface area (Å²) >= 11 is 0. The molecule has 0 bridgehead atoms. The van der Waals surface area contributed by atoms with Gasteiger partial charge in [-0.25, -0.2) is 4.98 Å². The van der Waals surface area contributed by atoms with Gasteiger partial charge in [0, 0.05) is 5.56 Å². The fraction of sp³-hybridized carbons (Fsp3) is 0.235. The second-order valence-electron chi connectivity index (χ2n) is 5.82. The number of rotatable bonds is 1. The Bertz CT molecular complexity index is 705. The van der Waals surface area contributed by atoms with Crippen molar-refractivity contribution in [3.05, 3.63) is 54.1 Å². The van der Waals surface area contributed by atoms with Gasteiger partial charge < -0.3 is 4.42 Å². The van der Waals surface area contributed by atoms with Crippen molar-refractivity contribution in [3.63, 3.8) is 0 Å². The summed E-state index contributed by atoms with van der Waals surface area (Å²) in [6.45, 7) is 6.59. The average Bonchev–Trinajstić information content (AvgIpc) is 2.81. The number of aromatic nitrogens is 1. The second-order valence-corrected chi connectivity index (χ2v) is 5.82. The monoisotopic (exact) mass is 252 g/mol. The summed E-state index contributed by atoms with van der Waals surface area (Å²) in [5.41, 5.74) is 4.15. The third kappa shape index (κ3) is 2.26. The molecule has 1 aromatic heterocycles. The van der Waals surface area contributed by atoms with Crippen molar-refractivity contribution >= 4 is 11.1 Å². The SMILES string of the molecule is CC(C)(C)c1ccc2n[13c](-c3ccccc3)oc2c1. The summed E-state index contributed by atoms with van der Waals surface area (Å²) in [4.78, 5) is 4.54. The molecule has 0 radical (unpaired) electrons. The van der Waals surface area contributed by atoms with Crippen molar-refractivity contribution in [1.29, 1.82) is 0 Å². The van der Waals surface area contributed by atoms with Crippen molar-refractivity contribution in [1.82, 2.24) is 4.98 Å². The van der Waals surface area contributed by atoms with Crippen LogP contribution in [-0.2, 0) is 5.41 Å². The molecule has 3 aromatic rings. The van der Waals surface area contributed by atoms with Crippen molar-refractivity contribution in [2.75, 3.05) is 0 Å². The van der Waals surface area contributed by atoms with Crippen molar-refractivity contribution in [3.8, 4) is 11.5 Å².